The Morgan fingerprint density at radius 2 is 2.11 bits per heavy atom. The zero-order valence-corrected chi connectivity index (χ0v) is 11.4. The molecular weight excluding hydrogens is 234 g/mol. The van der Waals surface area contributed by atoms with Crippen LogP contribution in [-0.4, -0.2) is 48.7 Å². The summed E-state index contributed by atoms with van der Waals surface area (Å²) in [6.45, 7) is 7.41. The van der Waals surface area contributed by atoms with E-state index in [2.05, 4.69) is 5.32 Å². The molecule has 6 heteroatoms. The molecule has 1 fully saturated rings. The molecule has 0 radical (unpaired) electrons. The third-order valence-electron chi connectivity index (χ3n) is 2.71. The van der Waals surface area contributed by atoms with Gasteiger partial charge in [-0.15, -0.1) is 0 Å². The maximum absolute atomic E-state index is 11.8. The van der Waals surface area contributed by atoms with Crippen LogP contribution in [0.25, 0.3) is 0 Å². The Balaban J connectivity index is 2.32. The minimum Gasteiger partial charge on any atom is -0.444 e. The van der Waals surface area contributed by atoms with Gasteiger partial charge in [-0.2, -0.15) is 0 Å². The molecule has 3 N–H and O–H groups in total. The smallest absolute Gasteiger partial charge is 0.410 e. The van der Waals surface area contributed by atoms with E-state index in [0.29, 0.717) is 19.6 Å². The van der Waals surface area contributed by atoms with Crippen LogP contribution in [-0.2, 0) is 9.53 Å². The maximum atomic E-state index is 11.8. The van der Waals surface area contributed by atoms with Crippen LogP contribution in [0.2, 0.25) is 0 Å². The lowest BCUT2D eigenvalue weighted by atomic mass is 10.1. The molecule has 0 aliphatic carbocycles. The summed E-state index contributed by atoms with van der Waals surface area (Å²) >= 11 is 0. The molecule has 0 unspecified atom stereocenters. The molecule has 1 rings (SSSR count). The van der Waals surface area contributed by atoms with E-state index in [-0.39, 0.29) is 24.5 Å². The summed E-state index contributed by atoms with van der Waals surface area (Å²) in [5, 5.41) is 2.74. The summed E-state index contributed by atoms with van der Waals surface area (Å²) in [5.74, 6) is 0.124. The molecule has 0 aromatic carbocycles. The first-order valence-corrected chi connectivity index (χ1v) is 6.26. The van der Waals surface area contributed by atoms with Crippen LogP contribution in [0.15, 0.2) is 0 Å². The van der Waals surface area contributed by atoms with Crippen molar-refractivity contribution >= 4 is 12.0 Å². The van der Waals surface area contributed by atoms with E-state index in [1.54, 1.807) is 4.90 Å². The van der Waals surface area contributed by atoms with Gasteiger partial charge in [0.15, 0.2) is 0 Å². The predicted molar refractivity (Wildman–Crippen MR) is 68.0 cm³/mol. The Hall–Kier alpha value is -1.30. The zero-order valence-electron chi connectivity index (χ0n) is 11.4. The highest BCUT2D eigenvalue weighted by Gasteiger charge is 2.29. The quantitative estimate of drug-likeness (QED) is 0.762. The van der Waals surface area contributed by atoms with Gasteiger partial charge in [0, 0.05) is 19.6 Å². The topological polar surface area (TPSA) is 84.7 Å². The summed E-state index contributed by atoms with van der Waals surface area (Å²) in [6.07, 6.45) is 0.597. The molecular formula is C12H23N3O3. The van der Waals surface area contributed by atoms with Gasteiger partial charge in [0.25, 0.3) is 0 Å². The molecule has 1 heterocycles. The highest BCUT2D eigenvalue weighted by Crippen LogP contribution is 2.18. The SMILES string of the molecule is CC(C)(C)OC(=O)N1CC[C@@H](CNC(=O)CN)C1. The van der Waals surface area contributed by atoms with Crippen LogP contribution >= 0.6 is 0 Å². The zero-order chi connectivity index (χ0) is 13.8. The fourth-order valence-electron chi connectivity index (χ4n) is 1.82. The predicted octanol–water partition coefficient (Wildman–Crippen LogP) is 0.318. The molecule has 0 bridgehead atoms. The third kappa shape index (κ3) is 4.91. The summed E-state index contributed by atoms with van der Waals surface area (Å²) in [6, 6.07) is 0. The standard InChI is InChI=1S/C12H23N3O3/c1-12(2,3)18-11(17)15-5-4-9(8-15)7-14-10(16)6-13/h9H,4-8,13H2,1-3H3,(H,14,16)/t9-/m0/s1. The monoisotopic (exact) mass is 257 g/mol. The second-order valence-corrected chi connectivity index (χ2v) is 5.59. The number of hydrogen-bond donors (Lipinski definition) is 2. The Labute approximate surface area is 108 Å². The van der Waals surface area contributed by atoms with Crippen LogP contribution in [0, 0.1) is 5.92 Å². The number of likely N-dealkylation sites (tertiary alicyclic amines) is 1. The number of nitrogens with zero attached hydrogens (tertiary/aromatic N) is 1. The molecule has 1 saturated heterocycles. The molecule has 0 spiro atoms. The Kier molecular flexibility index (Phi) is 4.95. The molecule has 18 heavy (non-hydrogen) atoms. The number of amides is 2. The van der Waals surface area contributed by atoms with Crippen LogP contribution in [0.1, 0.15) is 27.2 Å². The first-order valence-electron chi connectivity index (χ1n) is 6.26. The van der Waals surface area contributed by atoms with Gasteiger partial charge in [-0.05, 0) is 33.1 Å². The van der Waals surface area contributed by atoms with Crippen LogP contribution in [0.5, 0.6) is 0 Å². The van der Waals surface area contributed by atoms with Crippen LogP contribution in [0.3, 0.4) is 0 Å². The lowest BCUT2D eigenvalue weighted by Gasteiger charge is -2.24. The lowest BCUT2D eigenvalue weighted by Crippen LogP contribution is -2.37. The van der Waals surface area contributed by atoms with Gasteiger partial charge < -0.3 is 20.7 Å². The molecule has 0 saturated carbocycles. The summed E-state index contributed by atoms with van der Waals surface area (Å²) in [5.41, 5.74) is 4.74. The van der Waals surface area contributed by atoms with E-state index < -0.39 is 5.60 Å². The maximum Gasteiger partial charge on any atom is 0.410 e. The van der Waals surface area contributed by atoms with Crippen LogP contribution < -0.4 is 11.1 Å². The van der Waals surface area contributed by atoms with Gasteiger partial charge in [0.1, 0.15) is 5.60 Å². The Morgan fingerprint density at radius 1 is 1.44 bits per heavy atom. The summed E-state index contributed by atoms with van der Waals surface area (Å²) in [4.78, 5) is 24.5. The number of carbonyl (C=O) groups is 2. The van der Waals surface area contributed by atoms with E-state index in [0.717, 1.165) is 6.42 Å². The van der Waals surface area contributed by atoms with Gasteiger partial charge in [0.2, 0.25) is 5.91 Å². The first kappa shape index (κ1) is 14.8. The van der Waals surface area contributed by atoms with Crippen molar-refractivity contribution in [2.24, 2.45) is 11.7 Å². The number of hydrogen-bond acceptors (Lipinski definition) is 4. The Bertz CT molecular complexity index is 312. The normalized spacial score (nSPS) is 19.8. The van der Waals surface area contributed by atoms with Crippen molar-refractivity contribution in [1.29, 1.82) is 0 Å². The molecule has 2 amide bonds. The molecule has 6 nitrogen and oxygen atoms in total. The summed E-state index contributed by atoms with van der Waals surface area (Å²) < 4.78 is 5.30. The minimum absolute atomic E-state index is 0.00248. The van der Waals surface area contributed by atoms with Crippen molar-refractivity contribution in [3.8, 4) is 0 Å². The fourth-order valence-corrected chi connectivity index (χ4v) is 1.82. The first-order chi connectivity index (χ1) is 8.31. The average molecular weight is 257 g/mol. The minimum atomic E-state index is -0.469. The molecule has 104 valence electrons. The second-order valence-electron chi connectivity index (χ2n) is 5.59. The highest BCUT2D eigenvalue weighted by molar-refractivity contribution is 5.77. The number of nitrogens with two attached hydrogens (primary N) is 1. The Morgan fingerprint density at radius 3 is 2.67 bits per heavy atom. The van der Waals surface area contributed by atoms with E-state index in [4.69, 9.17) is 10.5 Å². The average Bonchev–Trinajstić information content (AvgIpc) is 2.72. The van der Waals surface area contributed by atoms with Crippen molar-refractivity contribution < 1.29 is 14.3 Å². The van der Waals surface area contributed by atoms with Gasteiger partial charge >= 0.3 is 6.09 Å². The molecule has 1 aliphatic heterocycles. The van der Waals surface area contributed by atoms with Crippen molar-refractivity contribution in [1.82, 2.24) is 10.2 Å². The third-order valence-corrected chi connectivity index (χ3v) is 2.71. The van der Waals surface area contributed by atoms with Crippen molar-refractivity contribution in [3.63, 3.8) is 0 Å². The van der Waals surface area contributed by atoms with Crippen molar-refractivity contribution in [3.05, 3.63) is 0 Å². The van der Waals surface area contributed by atoms with E-state index >= 15 is 0 Å². The molecule has 1 atom stereocenters. The number of carbonyl (C=O) groups excluding carboxylic acids is 2. The van der Waals surface area contributed by atoms with E-state index in [1.807, 2.05) is 20.8 Å². The van der Waals surface area contributed by atoms with Gasteiger partial charge in [0.05, 0.1) is 6.54 Å². The largest absolute Gasteiger partial charge is 0.444 e. The number of ether oxygens (including phenoxy) is 1. The van der Waals surface area contributed by atoms with Crippen LogP contribution in [0.4, 0.5) is 4.79 Å². The van der Waals surface area contributed by atoms with Crippen molar-refractivity contribution in [2.45, 2.75) is 32.8 Å². The number of nitrogens with one attached hydrogen (secondary N) is 1. The van der Waals surface area contributed by atoms with Gasteiger partial charge in [-0.3, -0.25) is 4.79 Å². The lowest BCUT2D eigenvalue weighted by molar-refractivity contribution is -0.119. The highest BCUT2D eigenvalue weighted by atomic mass is 16.6. The molecule has 0 aromatic heterocycles. The van der Waals surface area contributed by atoms with Gasteiger partial charge in [-0.1, -0.05) is 0 Å². The van der Waals surface area contributed by atoms with E-state index in [9.17, 15) is 9.59 Å². The second kappa shape index (κ2) is 6.04. The summed E-state index contributed by atoms with van der Waals surface area (Å²) in [7, 11) is 0. The van der Waals surface area contributed by atoms with Gasteiger partial charge in [-0.25, -0.2) is 4.79 Å². The number of rotatable bonds is 3. The molecule has 1 aliphatic rings. The van der Waals surface area contributed by atoms with Crippen molar-refractivity contribution in [2.75, 3.05) is 26.2 Å². The molecule has 0 aromatic rings. The fraction of sp³-hybridized carbons (Fsp3) is 0.833. The van der Waals surface area contributed by atoms with E-state index in [1.165, 1.54) is 0 Å².